The fourth-order valence-corrected chi connectivity index (χ4v) is 1.58. The van der Waals surface area contributed by atoms with Crippen LogP contribution in [-0.4, -0.2) is 0 Å². The van der Waals surface area contributed by atoms with E-state index in [-0.39, 0.29) is 0 Å². The SMILES string of the molecule is NCc1cc(N)c(I)c(CN)c1. The van der Waals surface area contributed by atoms with Crippen LogP contribution in [-0.2, 0) is 13.1 Å². The van der Waals surface area contributed by atoms with Crippen LogP contribution in [0.2, 0.25) is 0 Å². The molecule has 0 aromatic heterocycles. The van der Waals surface area contributed by atoms with E-state index in [1.807, 2.05) is 12.1 Å². The lowest BCUT2D eigenvalue weighted by Gasteiger charge is -2.07. The molecule has 0 amide bonds. The maximum atomic E-state index is 5.75. The molecular weight excluding hydrogens is 265 g/mol. The average Bonchev–Trinajstić information content (AvgIpc) is 2.09. The van der Waals surface area contributed by atoms with E-state index in [0.29, 0.717) is 13.1 Å². The zero-order valence-electron chi connectivity index (χ0n) is 6.68. The molecule has 0 spiro atoms. The van der Waals surface area contributed by atoms with Gasteiger partial charge in [0.05, 0.1) is 0 Å². The lowest BCUT2D eigenvalue weighted by molar-refractivity contribution is 1.02. The van der Waals surface area contributed by atoms with Crippen molar-refractivity contribution in [2.75, 3.05) is 5.73 Å². The Kier molecular flexibility index (Phi) is 3.30. The lowest BCUT2D eigenvalue weighted by atomic mass is 10.1. The molecule has 1 rings (SSSR count). The number of anilines is 1. The van der Waals surface area contributed by atoms with E-state index in [1.165, 1.54) is 0 Å². The van der Waals surface area contributed by atoms with Crippen LogP contribution in [0.4, 0.5) is 5.69 Å². The normalized spacial score (nSPS) is 10.2. The van der Waals surface area contributed by atoms with Gasteiger partial charge in [0.2, 0.25) is 0 Å². The highest BCUT2D eigenvalue weighted by Crippen LogP contribution is 2.21. The quantitative estimate of drug-likeness (QED) is 0.552. The number of nitrogen functional groups attached to an aromatic ring is 1. The molecule has 0 radical (unpaired) electrons. The summed E-state index contributed by atoms with van der Waals surface area (Å²) >= 11 is 2.19. The van der Waals surface area contributed by atoms with Crippen molar-refractivity contribution in [1.29, 1.82) is 0 Å². The van der Waals surface area contributed by atoms with Gasteiger partial charge < -0.3 is 17.2 Å². The smallest absolute Gasteiger partial charge is 0.0456 e. The van der Waals surface area contributed by atoms with Gasteiger partial charge in [0.15, 0.2) is 0 Å². The van der Waals surface area contributed by atoms with Gasteiger partial charge in [-0.25, -0.2) is 0 Å². The molecule has 3 nitrogen and oxygen atoms in total. The first-order valence-electron chi connectivity index (χ1n) is 3.66. The van der Waals surface area contributed by atoms with Crippen molar-refractivity contribution in [2.24, 2.45) is 11.5 Å². The number of halogens is 1. The molecule has 6 N–H and O–H groups in total. The second-order valence-corrected chi connectivity index (χ2v) is 3.65. The van der Waals surface area contributed by atoms with Gasteiger partial charge in [-0.1, -0.05) is 6.07 Å². The minimum Gasteiger partial charge on any atom is -0.398 e. The number of hydrogen-bond acceptors (Lipinski definition) is 3. The van der Waals surface area contributed by atoms with E-state index in [0.717, 1.165) is 20.4 Å². The highest BCUT2D eigenvalue weighted by Gasteiger charge is 2.03. The Morgan fingerprint density at radius 2 is 1.83 bits per heavy atom. The van der Waals surface area contributed by atoms with Crippen molar-refractivity contribution >= 4 is 28.3 Å². The summed E-state index contributed by atoms with van der Waals surface area (Å²) in [5.41, 5.74) is 19.7. The number of benzene rings is 1. The highest BCUT2D eigenvalue weighted by molar-refractivity contribution is 14.1. The van der Waals surface area contributed by atoms with Crippen molar-refractivity contribution < 1.29 is 0 Å². The van der Waals surface area contributed by atoms with Crippen molar-refractivity contribution in [3.05, 3.63) is 26.8 Å². The third kappa shape index (κ3) is 1.88. The van der Waals surface area contributed by atoms with Crippen LogP contribution in [0.1, 0.15) is 11.1 Å². The van der Waals surface area contributed by atoms with Gasteiger partial charge in [0.1, 0.15) is 0 Å². The second-order valence-electron chi connectivity index (χ2n) is 2.57. The molecule has 0 atom stereocenters. The summed E-state index contributed by atoms with van der Waals surface area (Å²) in [6.45, 7) is 1.02. The Balaban J connectivity index is 3.19. The molecule has 0 saturated heterocycles. The van der Waals surface area contributed by atoms with E-state index >= 15 is 0 Å². The largest absolute Gasteiger partial charge is 0.398 e. The van der Waals surface area contributed by atoms with E-state index in [1.54, 1.807) is 0 Å². The average molecular weight is 277 g/mol. The molecule has 0 heterocycles. The van der Waals surface area contributed by atoms with Crippen LogP contribution in [0.5, 0.6) is 0 Å². The molecule has 12 heavy (non-hydrogen) atoms. The van der Waals surface area contributed by atoms with Gasteiger partial charge in [-0.05, 0) is 39.8 Å². The summed E-state index contributed by atoms with van der Waals surface area (Å²) in [5, 5.41) is 0. The molecule has 0 saturated carbocycles. The maximum Gasteiger partial charge on any atom is 0.0456 e. The first kappa shape index (κ1) is 9.76. The summed E-state index contributed by atoms with van der Waals surface area (Å²) in [6.07, 6.45) is 0. The minimum atomic E-state index is 0.508. The van der Waals surface area contributed by atoms with E-state index < -0.39 is 0 Å². The molecule has 0 aliphatic carbocycles. The van der Waals surface area contributed by atoms with Gasteiger partial charge in [0, 0.05) is 22.3 Å². The molecule has 1 aromatic rings. The predicted octanol–water partition coefficient (Wildman–Crippen LogP) is 0.791. The van der Waals surface area contributed by atoms with Crippen molar-refractivity contribution in [3.63, 3.8) is 0 Å². The molecular formula is C8H12IN3. The van der Waals surface area contributed by atoms with Gasteiger partial charge >= 0.3 is 0 Å². The summed E-state index contributed by atoms with van der Waals surface area (Å²) in [7, 11) is 0. The first-order chi connectivity index (χ1) is 5.69. The van der Waals surface area contributed by atoms with Crippen LogP contribution in [0.25, 0.3) is 0 Å². The van der Waals surface area contributed by atoms with Gasteiger partial charge in [0.25, 0.3) is 0 Å². The molecule has 0 fully saturated rings. The van der Waals surface area contributed by atoms with Crippen LogP contribution < -0.4 is 17.2 Å². The number of hydrogen-bond donors (Lipinski definition) is 3. The fraction of sp³-hybridized carbons (Fsp3) is 0.250. The number of rotatable bonds is 2. The van der Waals surface area contributed by atoms with Crippen LogP contribution in [0, 0.1) is 3.57 Å². The van der Waals surface area contributed by atoms with Crippen LogP contribution in [0.15, 0.2) is 12.1 Å². The standard InChI is InChI=1S/C8H12IN3/c9-8-6(4-11)1-5(3-10)2-7(8)12/h1-2H,3-4,10-12H2. The van der Waals surface area contributed by atoms with Gasteiger partial charge in [-0.2, -0.15) is 0 Å². The Morgan fingerprint density at radius 1 is 1.17 bits per heavy atom. The number of nitrogens with two attached hydrogens (primary N) is 3. The van der Waals surface area contributed by atoms with Gasteiger partial charge in [-0.3, -0.25) is 0 Å². The Labute approximate surface area is 85.4 Å². The van der Waals surface area contributed by atoms with Gasteiger partial charge in [-0.15, -0.1) is 0 Å². The topological polar surface area (TPSA) is 78.1 Å². The molecule has 0 aliphatic rings. The Hall–Kier alpha value is -0.330. The predicted molar refractivity (Wildman–Crippen MR) is 59.4 cm³/mol. The third-order valence-electron chi connectivity index (χ3n) is 1.69. The summed E-state index contributed by atoms with van der Waals surface area (Å²) < 4.78 is 1.03. The van der Waals surface area contributed by atoms with E-state index in [2.05, 4.69) is 22.6 Å². The zero-order chi connectivity index (χ0) is 9.14. The van der Waals surface area contributed by atoms with Crippen molar-refractivity contribution in [1.82, 2.24) is 0 Å². The second kappa shape index (κ2) is 4.06. The molecule has 4 heteroatoms. The fourth-order valence-electron chi connectivity index (χ4n) is 1.04. The zero-order valence-corrected chi connectivity index (χ0v) is 8.84. The Morgan fingerprint density at radius 3 is 2.33 bits per heavy atom. The summed E-state index contributed by atoms with van der Waals surface area (Å²) in [5.74, 6) is 0. The molecule has 0 unspecified atom stereocenters. The van der Waals surface area contributed by atoms with E-state index in [9.17, 15) is 0 Å². The van der Waals surface area contributed by atoms with Crippen molar-refractivity contribution in [2.45, 2.75) is 13.1 Å². The van der Waals surface area contributed by atoms with E-state index in [4.69, 9.17) is 17.2 Å². The minimum absolute atomic E-state index is 0.508. The summed E-state index contributed by atoms with van der Waals surface area (Å²) in [6, 6.07) is 3.89. The molecule has 66 valence electrons. The summed E-state index contributed by atoms with van der Waals surface area (Å²) in [4.78, 5) is 0. The Bertz CT molecular complexity index is 286. The molecule has 0 bridgehead atoms. The van der Waals surface area contributed by atoms with Crippen LogP contribution in [0.3, 0.4) is 0 Å². The first-order valence-corrected chi connectivity index (χ1v) is 4.73. The highest BCUT2D eigenvalue weighted by atomic mass is 127. The monoisotopic (exact) mass is 277 g/mol. The van der Waals surface area contributed by atoms with Crippen LogP contribution >= 0.6 is 22.6 Å². The third-order valence-corrected chi connectivity index (χ3v) is 3.01. The molecule has 0 aliphatic heterocycles. The maximum absolute atomic E-state index is 5.75. The lowest BCUT2D eigenvalue weighted by Crippen LogP contribution is -2.06. The van der Waals surface area contributed by atoms with Crippen molar-refractivity contribution in [3.8, 4) is 0 Å². The molecule has 1 aromatic carbocycles.